The number of nitrogens with one attached hydrogen (secondary N) is 1. The van der Waals surface area contributed by atoms with E-state index in [1.54, 1.807) is 0 Å². The van der Waals surface area contributed by atoms with Gasteiger partial charge in [0.1, 0.15) is 0 Å². The van der Waals surface area contributed by atoms with Crippen LogP contribution in [-0.4, -0.2) is 37.0 Å². The molecule has 4 nitrogen and oxygen atoms in total. The molecule has 0 spiro atoms. The first-order valence-electron chi connectivity index (χ1n) is 7.50. The summed E-state index contributed by atoms with van der Waals surface area (Å²) >= 11 is 1.89. The van der Waals surface area contributed by atoms with Gasteiger partial charge in [0.2, 0.25) is 5.91 Å². The molecule has 1 fully saturated rings. The molecule has 1 aromatic rings. The van der Waals surface area contributed by atoms with E-state index >= 15 is 0 Å². The number of hydrogen-bond donors (Lipinski definition) is 2. The fourth-order valence-electron chi connectivity index (χ4n) is 2.67. The summed E-state index contributed by atoms with van der Waals surface area (Å²) < 4.78 is 0. The molecular weight excluding hydrogens is 270 g/mol. The number of likely N-dealkylation sites (tertiary alicyclic amines) is 1. The van der Waals surface area contributed by atoms with Crippen LogP contribution in [0.3, 0.4) is 0 Å². The van der Waals surface area contributed by atoms with Gasteiger partial charge in [0.05, 0.1) is 5.92 Å². The molecule has 0 aliphatic carbocycles. The molecule has 112 valence electrons. The largest absolute Gasteiger partial charge is 0.355 e. The van der Waals surface area contributed by atoms with Gasteiger partial charge in [-0.25, -0.2) is 0 Å². The number of nitrogens with zero attached hydrogens (tertiary/aromatic N) is 1. The van der Waals surface area contributed by atoms with Gasteiger partial charge in [-0.2, -0.15) is 0 Å². The lowest BCUT2D eigenvalue weighted by atomic mass is 9.97. The van der Waals surface area contributed by atoms with Crippen LogP contribution in [0.5, 0.6) is 0 Å². The van der Waals surface area contributed by atoms with Crippen LogP contribution >= 0.6 is 11.3 Å². The summed E-state index contributed by atoms with van der Waals surface area (Å²) in [6.45, 7) is 6.23. The maximum atomic E-state index is 12.0. The Labute approximate surface area is 125 Å². The third-order valence-corrected chi connectivity index (χ3v) is 4.98. The lowest BCUT2D eigenvalue weighted by molar-refractivity contribution is -0.126. The molecular formula is C15H25N3OS. The first-order chi connectivity index (χ1) is 9.72. The maximum Gasteiger partial charge on any atom is 0.224 e. The SMILES string of the molecule is CCc1ccc(CN2CCCC(C(=O)NCCN)C2)s1. The number of piperidine rings is 1. The normalized spacial score (nSPS) is 20.0. The molecule has 1 amide bonds. The van der Waals surface area contributed by atoms with Crippen LogP contribution in [0.25, 0.3) is 0 Å². The van der Waals surface area contributed by atoms with Crippen molar-refractivity contribution in [2.75, 3.05) is 26.2 Å². The molecule has 0 saturated carbocycles. The molecule has 0 radical (unpaired) electrons. The number of carbonyl (C=O) groups is 1. The fraction of sp³-hybridized carbons (Fsp3) is 0.667. The van der Waals surface area contributed by atoms with Crippen molar-refractivity contribution < 1.29 is 4.79 Å². The van der Waals surface area contributed by atoms with E-state index in [0.29, 0.717) is 13.1 Å². The van der Waals surface area contributed by atoms with Crippen molar-refractivity contribution in [2.45, 2.75) is 32.7 Å². The topological polar surface area (TPSA) is 58.4 Å². The van der Waals surface area contributed by atoms with Crippen LogP contribution in [0.15, 0.2) is 12.1 Å². The molecule has 1 aliphatic heterocycles. The summed E-state index contributed by atoms with van der Waals surface area (Å²) in [5, 5.41) is 2.91. The molecule has 0 bridgehead atoms. The number of thiophene rings is 1. The Hall–Kier alpha value is -0.910. The highest BCUT2D eigenvalue weighted by Gasteiger charge is 2.25. The summed E-state index contributed by atoms with van der Waals surface area (Å²) in [7, 11) is 0. The second kappa shape index (κ2) is 7.76. The monoisotopic (exact) mass is 295 g/mol. The minimum Gasteiger partial charge on any atom is -0.355 e. The highest BCUT2D eigenvalue weighted by molar-refractivity contribution is 7.11. The van der Waals surface area contributed by atoms with Gasteiger partial charge in [-0.1, -0.05) is 6.92 Å². The van der Waals surface area contributed by atoms with Gasteiger partial charge in [-0.05, 0) is 37.9 Å². The Kier molecular flexibility index (Phi) is 6.01. The van der Waals surface area contributed by atoms with E-state index < -0.39 is 0 Å². The van der Waals surface area contributed by atoms with E-state index in [2.05, 4.69) is 29.3 Å². The molecule has 1 aromatic heterocycles. The quantitative estimate of drug-likeness (QED) is 0.838. The summed E-state index contributed by atoms with van der Waals surface area (Å²) in [4.78, 5) is 17.3. The number of carbonyl (C=O) groups excluding carboxylic acids is 1. The van der Waals surface area contributed by atoms with Gasteiger partial charge >= 0.3 is 0 Å². The van der Waals surface area contributed by atoms with Gasteiger partial charge < -0.3 is 11.1 Å². The second-order valence-corrected chi connectivity index (χ2v) is 6.63. The van der Waals surface area contributed by atoms with Crippen LogP contribution in [0.2, 0.25) is 0 Å². The molecule has 1 saturated heterocycles. The predicted molar refractivity (Wildman–Crippen MR) is 83.8 cm³/mol. The molecule has 2 heterocycles. The molecule has 1 unspecified atom stereocenters. The molecule has 1 atom stereocenters. The van der Waals surface area contributed by atoms with Crippen LogP contribution in [-0.2, 0) is 17.8 Å². The molecule has 5 heteroatoms. The Balaban J connectivity index is 1.85. The minimum absolute atomic E-state index is 0.126. The van der Waals surface area contributed by atoms with E-state index in [0.717, 1.165) is 38.9 Å². The number of nitrogens with two attached hydrogens (primary N) is 1. The first kappa shape index (κ1) is 15.5. The predicted octanol–water partition coefficient (Wildman–Crippen LogP) is 1.60. The lowest BCUT2D eigenvalue weighted by Crippen LogP contribution is -2.43. The lowest BCUT2D eigenvalue weighted by Gasteiger charge is -2.31. The van der Waals surface area contributed by atoms with Gasteiger partial charge in [0.15, 0.2) is 0 Å². The zero-order valence-corrected chi connectivity index (χ0v) is 13.0. The maximum absolute atomic E-state index is 12.0. The molecule has 3 N–H and O–H groups in total. The highest BCUT2D eigenvalue weighted by Crippen LogP contribution is 2.22. The van der Waals surface area contributed by atoms with Crippen molar-refractivity contribution in [3.63, 3.8) is 0 Å². The van der Waals surface area contributed by atoms with Crippen molar-refractivity contribution >= 4 is 17.2 Å². The van der Waals surface area contributed by atoms with Crippen LogP contribution in [0, 0.1) is 5.92 Å². The third kappa shape index (κ3) is 4.30. The average molecular weight is 295 g/mol. The standard InChI is InChI=1S/C15H25N3OS/c1-2-13-5-6-14(20-13)11-18-9-3-4-12(10-18)15(19)17-8-7-16/h5-6,12H,2-4,7-11,16H2,1H3,(H,17,19). The highest BCUT2D eigenvalue weighted by atomic mass is 32.1. The molecule has 1 aliphatic rings. The van der Waals surface area contributed by atoms with Gasteiger partial charge in [-0.15, -0.1) is 11.3 Å². The Morgan fingerprint density at radius 3 is 3.00 bits per heavy atom. The number of aryl methyl sites for hydroxylation is 1. The average Bonchev–Trinajstić information content (AvgIpc) is 2.92. The van der Waals surface area contributed by atoms with Crippen molar-refractivity contribution in [1.82, 2.24) is 10.2 Å². The number of rotatable bonds is 6. The van der Waals surface area contributed by atoms with Crippen LogP contribution < -0.4 is 11.1 Å². The molecule has 0 aromatic carbocycles. The Morgan fingerprint density at radius 1 is 1.50 bits per heavy atom. The van der Waals surface area contributed by atoms with Crippen molar-refractivity contribution in [3.8, 4) is 0 Å². The van der Waals surface area contributed by atoms with Crippen molar-refractivity contribution in [2.24, 2.45) is 11.7 Å². The summed E-state index contributed by atoms with van der Waals surface area (Å²) in [6.07, 6.45) is 3.21. The van der Waals surface area contributed by atoms with Gasteiger partial charge in [0.25, 0.3) is 0 Å². The minimum atomic E-state index is 0.126. The fourth-order valence-corrected chi connectivity index (χ4v) is 3.67. The first-order valence-corrected chi connectivity index (χ1v) is 8.32. The van der Waals surface area contributed by atoms with Crippen LogP contribution in [0.4, 0.5) is 0 Å². The summed E-state index contributed by atoms with van der Waals surface area (Å²) in [5.41, 5.74) is 5.43. The summed E-state index contributed by atoms with van der Waals surface area (Å²) in [5.74, 6) is 0.293. The second-order valence-electron chi connectivity index (χ2n) is 5.38. The Bertz CT molecular complexity index is 433. The summed E-state index contributed by atoms with van der Waals surface area (Å²) in [6, 6.07) is 4.44. The van der Waals surface area contributed by atoms with E-state index in [1.165, 1.54) is 9.75 Å². The molecule has 20 heavy (non-hydrogen) atoms. The van der Waals surface area contributed by atoms with E-state index in [1.807, 2.05) is 11.3 Å². The van der Waals surface area contributed by atoms with Gasteiger partial charge in [0, 0.05) is 35.9 Å². The van der Waals surface area contributed by atoms with Crippen LogP contribution in [0.1, 0.15) is 29.5 Å². The molecule has 2 rings (SSSR count). The zero-order chi connectivity index (χ0) is 14.4. The number of amides is 1. The van der Waals surface area contributed by atoms with Crippen molar-refractivity contribution in [1.29, 1.82) is 0 Å². The van der Waals surface area contributed by atoms with E-state index in [4.69, 9.17) is 5.73 Å². The van der Waals surface area contributed by atoms with E-state index in [-0.39, 0.29) is 11.8 Å². The smallest absolute Gasteiger partial charge is 0.224 e. The van der Waals surface area contributed by atoms with E-state index in [9.17, 15) is 4.79 Å². The number of hydrogen-bond acceptors (Lipinski definition) is 4. The van der Waals surface area contributed by atoms with Crippen molar-refractivity contribution in [3.05, 3.63) is 21.9 Å². The Morgan fingerprint density at radius 2 is 2.30 bits per heavy atom. The third-order valence-electron chi connectivity index (χ3n) is 3.77. The van der Waals surface area contributed by atoms with Gasteiger partial charge in [-0.3, -0.25) is 9.69 Å². The zero-order valence-electron chi connectivity index (χ0n) is 12.2.